The SMILES string of the molecule is OCC[C@@H](NCc1cccc(-n2cccn2)c1)c1ccccc1. The van der Waals surface area contributed by atoms with Crippen LogP contribution in [0.1, 0.15) is 23.6 Å². The van der Waals surface area contributed by atoms with E-state index in [9.17, 15) is 5.11 Å². The molecule has 4 nitrogen and oxygen atoms in total. The fourth-order valence-electron chi connectivity index (χ4n) is 2.67. The third-order valence-electron chi connectivity index (χ3n) is 3.85. The average molecular weight is 307 g/mol. The third-order valence-corrected chi connectivity index (χ3v) is 3.85. The molecule has 2 N–H and O–H groups in total. The van der Waals surface area contributed by atoms with Crippen molar-refractivity contribution in [1.82, 2.24) is 15.1 Å². The van der Waals surface area contributed by atoms with Gasteiger partial charge in [0.25, 0.3) is 0 Å². The molecular formula is C19H21N3O. The first kappa shape index (κ1) is 15.5. The minimum absolute atomic E-state index is 0.148. The van der Waals surface area contributed by atoms with Gasteiger partial charge >= 0.3 is 0 Å². The number of hydrogen-bond acceptors (Lipinski definition) is 3. The van der Waals surface area contributed by atoms with Crippen LogP contribution >= 0.6 is 0 Å². The number of aromatic nitrogens is 2. The van der Waals surface area contributed by atoms with E-state index in [1.54, 1.807) is 6.20 Å². The number of hydrogen-bond donors (Lipinski definition) is 2. The molecule has 0 unspecified atom stereocenters. The van der Waals surface area contributed by atoms with Crippen LogP contribution in [-0.4, -0.2) is 21.5 Å². The second-order valence-electron chi connectivity index (χ2n) is 5.48. The summed E-state index contributed by atoms with van der Waals surface area (Å²) in [4.78, 5) is 0. The van der Waals surface area contributed by atoms with Gasteiger partial charge in [0.2, 0.25) is 0 Å². The maximum Gasteiger partial charge on any atom is 0.0648 e. The largest absolute Gasteiger partial charge is 0.396 e. The predicted molar refractivity (Wildman–Crippen MR) is 91.3 cm³/mol. The quantitative estimate of drug-likeness (QED) is 0.705. The number of benzene rings is 2. The summed E-state index contributed by atoms with van der Waals surface area (Å²) in [6.45, 7) is 0.911. The molecule has 0 fully saturated rings. The van der Waals surface area contributed by atoms with E-state index >= 15 is 0 Å². The number of aliphatic hydroxyl groups is 1. The molecule has 3 aromatic rings. The summed E-state index contributed by atoms with van der Waals surface area (Å²) in [5, 5.41) is 17.1. The second-order valence-corrected chi connectivity index (χ2v) is 5.48. The van der Waals surface area contributed by atoms with E-state index in [0.29, 0.717) is 6.42 Å². The van der Waals surface area contributed by atoms with Crippen LogP contribution in [0.3, 0.4) is 0 Å². The molecule has 0 aliphatic heterocycles. The number of rotatable bonds is 7. The van der Waals surface area contributed by atoms with Crippen LogP contribution in [0.15, 0.2) is 73.1 Å². The molecule has 0 saturated heterocycles. The lowest BCUT2D eigenvalue weighted by Gasteiger charge is -2.18. The molecule has 4 heteroatoms. The van der Waals surface area contributed by atoms with Crippen molar-refractivity contribution in [1.29, 1.82) is 0 Å². The van der Waals surface area contributed by atoms with Crippen LogP contribution in [0.2, 0.25) is 0 Å². The molecule has 1 atom stereocenters. The molecule has 0 radical (unpaired) electrons. The summed E-state index contributed by atoms with van der Waals surface area (Å²) >= 11 is 0. The predicted octanol–water partition coefficient (Wildman–Crippen LogP) is 3.09. The first-order valence-electron chi connectivity index (χ1n) is 7.85. The zero-order chi connectivity index (χ0) is 15.9. The Morgan fingerprint density at radius 1 is 1.04 bits per heavy atom. The van der Waals surface area contributed by atoms with Crippen LogP contribution in [0, 0.1) is 0 Å². The fraction of sp³-hybridized carbons (Fsp3) is 0.211. The van der Waals surface area contributed by atoms with Crippen molar-refractivity contribution < 1.29 is 5.11 Å². The number of nitrogens with zero attached hydrogens (tertiary/aromatic N) is 2. The van der Waals surface area contributed by atoms with Gasteiger partial charge in [0.15, 0.2) is 0 Å². The molecule has 0 spiro atoms. The topological polar surface area (TPSA) is 50.1 Å². The molecule has 1 aromatic heterocycles. The molecule has 1 heterocycles. The maximum absolute atomic E-state index is 9.31. The lowest BCUT2D eigenvalue weighted by molar-refractivity contribution is 0.265. The number of aliphatic hydroxyl groups excluding tert-OH is 1. The van der Waals surface area contributed by atoms with E-state index in [2.05, 4.69) is 34.7 Å². The maximum atomic E-state index is 9.31. The smallest absolute Gasteiger partial charge is 0.0648 e. The fourth-order valence-corrected chi connectivity index (χ4v) is 2.67. The average Bonchev–Trinajstić information content (AvgIpc) is 3.14. The standard InChI is InChI=1S/C19H21N3O/c23-13-10-19(17-7-2-1-3-8-17)20-15-16-6-4-9-18(14-16)22-12-5-11-21-22/h1-9,11-12,14,19-20,23H,10,13,15H2/t19-/m1/s1. The highest BCUT2D eigenvalue weighted by Crippen LogP contribution is 2.17. The molecule has 23 heavy (non-hydrogen) atoms. The zero-order valence-corrected chi connectivity index (χ0v) is 13.0. The normalized spacial score (nSPS) is 12.2. The van der Waals surface area contributed by atoms with Crippen LogP contribution in [-0.2, 0) is 6.54 Å². The Morgan fingerprint density at radius 3 is 2.65 bits per heavy atom. The molecule has 0 aliphatic carbocycles. The Bertz CT molecular complexity index is 710. The van der Waals surface area contributed by atoms with Gasteiger partial charge < -0.3 is 10.4 Å². The van der Waals surface area contributed by atoms with Crippen LogP contribution in [0.5, 0.6) is 0 Å². The molecule has 3 rings (SSSR count). The molecule has 0 saturated carbocycles. The summed E-state index contributed by atoms with van der Waals surface area (Å²) in [7, 11) is 0. The summed E-state index contributed by atoms with van der Waals surface area (Å²) in [6, 6.07) is 20.6. The van der Waals surface area contributed by atoms with Crippen molar-refractivity contribution in [3.8, 4) is 5.69 Å². The van der Waals surface area contributed by atoms with Gasteiger partial charge in [-0.25, -0.2) is 4.68 Å². The Hall–Kier alpha value is -2.43. The summed E-state index contributed by atoms with van der Waals surface area (Å²) in [5.41, 5.74) is 3.44. The van der Waals surface area contributed by atoms with Gasteiger partial charge in [-0.05, 0) is 35.7 Å². The summed E-state index contributed by atoms with van der Waals surface area (Å²) < 4.78 is 1.85. The number of nitrogens with one attached hydrogen (secondary N) is 1. The van der Waals surface area contributed by atoms with Crippen LogP contribution in [0.4, 0.5) is 0 Å². The summed E-state index contributed by atoms with van der Waals surface area (Å²) in [5.74, 6) is 0. The highest BCUT2D eigenvalue weighted by atomic mass is 16.3. The summed E-state index contributed by atoms with van der Waals surface area (Å²) in [6.07, 6.45) is 4.41. The molecule has 118 valence electrons. The van der Waals surface area contributed by atoms with E-state index in [-0.39, 0.29) is 12.6 Å². The van der Waals surface area contributed by atoms with Crippen molar-refractivity contribution >= 4 is 0 Å². The van der Waals surface area contributed by atoms with Crippen molar-refractivity contribution in [2.24, 2.45) is 0 Å². The first-order valence-corrected chi connectivity index (χ1v) is 7.85. The highest BCUT2D eigenvalue weighted by molar-refractivity contribution is 5.35. The van der Waals surface area contributed by atoms with Crippen molar-refractivity contribution in [3.05, 3.63) is 84.2 Å². The van der Waals surface area contributed by atoms with Gasteiger partial charge in [0.1, 0.15) is 0 Å². The zero-order valence-electron chi connectivity index (χ0n) is 13.0. The van der Waals surface area contributed by atoms with E-state index < -0.39 is 0 Å². The molecule has 2 aromatic carbocycles. The van der Waals surface area contributed by atoms with Gasteiger partial charge in [0, 0.05) is 31.6 Å². The van der Waals surface area contributed by atoms with Crippen LogP contribution in [0.25, 0.3) is 5.69 Å². The minimum Gasteiger partial charge on any atom is -0.396 e. The molecule has 0 aliphatic rings. The lowest BCUT2D eigenvalue weighted by atomic mass is 10.0. The van der Waals surface area contributed by atoms with Gasteiger partial charge in [-0.15, -0.1) is 0 Å². The van der Waals surface area contributed by atoms with Crippen LogP contribution < -0.4 is 5.32 Å². The Balaban J connectivity index is 1.70. The van der Waals surface area contributed by atoms with E-state index in [4.69, 9.17) is 0 Å². The third kappa shape index (κ3) is 4.06. The Kier molecular flexibility index (Phi) is 5.19. The minimum atomic E-state index is 0.148. The first-order chi connectivity index (χ1) is 11.4. The Morgan fingerprint density at radius 2 is 1.91 bits per heavy atom. The van der Waals surface area contributed by atoms with Gasteiger partial charge in [-0.3, -0.25) is 0 Å². The van der Waals surface area contributed by atoms with E-state index in [1.165, 1.54) is 11.1 Å². The lowest BCUT2D eigenvalue weighted by Crippen LogP contribution is -2.22. The van der Waals surface area contributed by atoms with Crippen molar-refractivity contribution in [2.45, 2.75) is 19.0 Å². The van der Waals surface area contributed by atoms with Crippen molar-refractivity contribution in [2.75, 3.05) is 6.61 Å². The molecule has 0 bridgehead atoms. The van der Waals surface area contributed by atoms with E-state index in [1.807, 2.05) is 47.3 Å². The van der Waals surface area contributed by atoms with Gasteiger partial charge in [-0.2, -0.15) is 5.10 Å². The second kappa shape index (κ2) is 7.72. The Labute approximate surface area is 136 Å². The highest BCUT2D eigenvalue weighted by Gasteiger charge is 2.10. The molecular weight excluding hydrogens is 286 g/mol. The van der Waals surface area contributed by atoms with Gasteiger partial charge in [-0.1, -0.05) is 42.5 Å². The molecule has 0 amide bonds. The van der Waals surface area contributed by atoms with Crippen molar-refractivity contribution in [3.63, 3.8) is 0 Å². The van der Waals surface area contributed by atoms with Gasteiger partial charge in [0.05, 0.1) is 5.69 Å². The van der Waals surface area contributed by atoms with E-state index in [0.717, 1.165) is 12.2 Å². The monoisotopic (exact) mass is 307 g/mol.